The summed E-state index contributed by atoms with van der Waals surface area (Å²) in [6.45, 7) is 0. The van der Waals surface area contributed by atoms with Gasteiger partial charge in [0.15, 0.2) is 0 Å². The number of carbonyl (C=O) groups is 2. The van der Waals surface area contributed by atoms with Crippen LogP contribution >= 0.6 is 0 Å². The fourth-order valence-corrected chi connectivity index (χ4v) is 1.22. The van der Waals surface area contributed by atoms with Crippen molar-refractivity contribution in [2.45, 2.75) is 31.3 Å². The summed E-state index contributed by atoms with van der Waals surface area (Å²) >= 11 is 0. The van der Waals surface area contributed by atoms with Gasteiger partial charge in [0, 0.05) is 7.39 Å². The Hall–Kier alpha value is -1.10. The van der Waals surface area contributed by atoms with Crippen LogP contribution in [-0.2, 0) is 9.59 Å². The van der Waals surface area contributed by atoms with Crippen LogP contribution in [0.4, 0.5) is 0 Å². The number of hydrogen-bond donors (Lipinski definition) is 3. The molecule has 1 aliphatic rings. The van der Waals surface area contributed by atoms with Crippen molar-refractivity contribution in [2.24, 2.45) is 0 Å². The molecule has 0 radical (unpaired) electrons. The predicted molar refractivity (Wildman–Crippen MR) is 39.8 cm³/mol. The fraction of sp³-hybridized carbons (Fsp3) is 0.714. The van der Waals surface area contributed by atoms with Gasteiger partial charge in [0.05, 0.1) is 6.42 Å². The van der Waals surface area contributed by atoms with Gasteiger partial charge in [-0.1, -0.05) is 0 Å². The maximum absolute atomic E-state index is 10.5. The van der Waals surface area contributed by atoms with Crippen LogP contribution in [-0.4, -0.2) is 34.2 Å². The molecule has 0 amide bonds. The second kappa shape index (κ2) is 3.53. The van der Waals surface area contributed by atoms with E-state index < -0.39 is 24.0 Å². The van der Waals surface area contributed by atoms with Crippen LogP contribution in [0.3, 0.4) is 0 Å². The normalized spacial score (nSPS) is 36.0. The zero-order valence-corrected chi connectivity index (χ0v) is 6.41. The molecule has 0 bridgehead atoms. The molecule has 1 heterocycles. The number of aliphatic carboxylic acids is 2. The number of carboxylic acid groups (broad SMARTS) is 2. The third kappa shape index (κ3) is 2.20. The van der Waals surface area contributed by atoms with Crippen molar-refractivity contribution in [2.75, 3.05) is 0 Å². The standard InChI is InChI=1S/C7H11NO4/c9-6(10)3-4-1-2-5(8-4)7(11)12/h4-5,8H,1-3H2,(H,9,10)(H,11,12)/t4-,5-/m0/s1/i4D. The average molecular weight is 174 g/mol. The molecule has 0 aromatic heterocycles. The van der Waals surface area contributed by atoms with Crippen molar-refractivity contribution in [1.29, 1.82) is 0 Å². The first-order valence-electron chi connectivity index (χ1n) is 4.15. The second-order valence-corrected chi connectivity index (χ2v) is 2.75. The van der Waals surface area contributed by atoms with Crippen molar-refractivity contribution >= 4 is 11.9 Å². The van der Waals surface area contributed by atoms with Crippen LogP contribution in [0.1, 0.15) is 20.6 Å². The van der Waals surface area contributed by atoms with E-state index in [0.29, 0.717) is 6.42 Å². The lowest BCUT2D eigenvalue weighted by molar-refractivity contribution is -0.140. The largest absolute Gasteiger partial charge is 0.481 e. The molecule has 2 atom stereocenters. The van der Waals surface area contributed by atoms with E-state index in [-0.39, 0.29) is 12.8 Å². The van der Waals surface area contributed by atoms with E-state index in [1.54, 1.807) is 0 Å². The Morgan fingerprint density at radius 3 is 2.58 bits per heavy atom. The fourth-order valence-electron chi connectivity index (χ4n) is 1.22. The van der Waals surface area contributed by atoms with Crippen molar-refractivity contribution in [3.8, 4) is 0 Å². The highest BCUT2D eigenvalue weighted by Crippen LogP contribution is 2.14. The first-order chi connectivity index (χ1) is 5.93. The van der Waals surface area contributed by atoms with Gasteiger partial charge in [0.2, 0.25) is 0 Å². The van der Waals surface area contributed by atoms with Crippen LogP contribution in [0.5, 0.6) is 0 Å². The first-order valence-corrected chi connectivity index (χ1v) is 3.65. The predicted octanol–water partition coefficient (Wildman–Crippen LogP) is -0.334. The van der Waals surface area contributed by atoms with E-state index in [2.05, 4.69) is 5.32 Å². The van der Waals surface area contributed by atoms with Crippen molar-refractivity contribution < 1.29 is 21.2 Å². The summed E-state index contributed by atoms with van der Waals surface area (Å²) in [6, 6.07) is -2.09. The van der Waals surface area contributed by atoms with Gasteiger partial charge >= 0.3 is 11.9 Å². The maximum atomic E-state index is 10.5. The first kappa shape index (κ1) is 7.54. The molecule has 0 unspecified atom stereocenters. The van der Waals surface area contributed by atoms with Crippen LogP contribution in [0.15, 0.2) is 0 Å². The summed E-state index contributed by atoms with van der Waals surface area (Å²) in [5.41, 5.74) is 0. The third-order valence-corrected chi connectivity index (χ3v) is 1.78. The van der Waals surface area contributed by atoms with Gasteiger partial charge in [-0.3, -0.25) is 9.59 Å². The SMILES string of the molecule is [2H][C@@]1(CC(=O)O)CC[C@@H](C(=O)O)N1. The highest BCUT2D eigenvalue weighted by molar-refractivity contribution is 5.74. The number of nitrogens with one attached hydrogen (secondary N) is 1. The van der Waals surface area contributed by atoms with Crippen LogP contribution in [0.2, 0.25) is 0 Å². The van der Waals surface area contributed by atoms with E-state index in [4.69, 9.17) is 11.6 Å². The van der Waals surface area contributed by atoms with Gasteiger partial charge in [-0.25, -0.2) is 0 Å². The lowest BCUT2D eigenvalue weighted by atomic mass is 10.1. The molecule has 1 rings (SSSR count). The Kier molecular flexibility index (Phi) is 2.22. The third-order valence-electron chi connectivity index (χ3n) is 1.78. The molecule has 1 aliphatic heterocycles. The summed E-state index contributed by atoms with van der Waals surface area (Å²) in [5, 5.41) is 19.5. The lowest BCUT2D eigenvalue weighted by Gasteiger charge is -2.07. The molecule has 0 saturated carbocycles. The van der Waals surface area contributed by atoms with Gasteiger partial charge in [0.25, 0.3) is 0 Å². The van der Waals surface area contributed by atoms with Crippen LogP contribution in [0, 0.1) is 0 Å². The van der Waals surface area contributed by atoms with Crippen LogP contribution < -0.4 is 5.32 Å². The van der Waals surface area contributed by atoms with E-state index in [1.807, 2.05) is 0 Å². The zero-order valence-electron chi connectivity index (χ0n) is 7.41. The molecular weight excluding hydrogens is 162 g/mol. The van der Waals surface area contributed by atoms with E-state index in [0.717, 1.165) is 0 Å². The second-order valence-electron chi connectivity index (χ2n) is 2.75. The molecule has 0 spiro atoms. The van der Waals surface area contributed by atoms with Gasteiger partial charge in [-0.2, -0.15) is 0 Å². The van der Waals surface area contributed by atoms with Crippen molar-refractivity contribution in [3.63, 3.8) is 0 Å². The summed E-state index contributed by atoms with van der Waals surface area (Å²) in [7, 11) is 0. The minimum atomic E-state index is -1.31. The average Bonchev–Trinajstić information content (AvgIpc) is 2.29. The summed E-state index contributed by atoms with van der Waals surface area (Å²) in [4.78, 5) is 20.8. The summed E-state index contributed by atoms with van der Waals surface area (Å²) in [5.74, 6) is -2.12. The molecule has 5 heteroatoms. The Morgan fingerprint density at radius 2 is 2.17 bits per heavy atom. The van der Waals surface area contributed by atoms with E-state index in [1.165, 1.54) is 0 Å². The topological polar surface area (TPSA) is 86.6 Å². The van der Waals surface area contributed by atoms with Gasteiger partial charge in [-0.05, 0) is 12.8 Å². The lowest BCUT2D eigenvalue weighted by Crippen LogP contribution is -2.36. The Bertz CT molecular complexity index is 245. The monoisotopic (exact) mass is 174 g/mol. The molecule has 0 aromatic carbocycles. The molecule has 1 saturated heterocycles. The highest BCUT2D eigenvalue weighted by atomic mass is 16.4. The summed E-state index contributed by atoms with van der Waals surface area (Å²) in [6.07, 6.45) is 0.208. The molecule has 0 aliphatic carbocycles. The minimum absolute atomic E-state index is 0.260. The molecule has 0 aromatic rings. The summed E-state index contributed by atoms with van der Waals surface area (Å²) < 4.78 is 7.58. The Labute approximate surface area is 70.8 Å². The number of hydrogen-bond acceptors (Lipinski definition) is 3. The van der Waals surface area contributed by atoms with Gasteiger partial charge in [-0.15, -0.1) is 0 Å². The highest BCUT2D eigenvalue weighted by Gasteiger charge is 2.29. The number of rotatable bonds is 3. The van der Waals surface area contributed by atoms with Crippen LogP contribution in [0.25, 0.3) is 0 Å². The molecular formula is C7H11NO4. The van der Waals surface area contributed by atoms with Gasteiger partial charge < -0.3 is 15.5 Å². The van der Waals surface area contributed by atoms with E-state index in [9.17, 15) is 9.59 Å². The maximum Gasteiger partial charge on any atom is 0.320 e. The molecule has 3 N–H and O–H groups in total. The van der Waals surface area contributed by atoms with E-state index >= 15 is 0 Å². The van der Waals surface area contributed by atoms with Crippen molar-refractivity contribution in [1.82, 2.24) is 5.32 Å². The van der Waals surface area contributed by atoms with Gasteiger partial charge in [0.1, 0.15) is 6.04 Å². The number of carboxylic acids is 2. The zero-order chi connectivity index (χ0) is 10.1. The Morgan fingerprint density at radius 1 is 1.50 bits per heavy atom. The molecule has 68 valence electrons. The molecule has 5 nitrogen and oxygen atoms in total. The molecule has 12 heavy (non-hydrogen) atoms. The molecule has 1 fully saturated rings. The quantitative estimate of drug-likeness (QED) is 0.545. The Balaban J connectivity index is 2.56. The smallest absolute Gasteiger partial charge is 0.320 e. The van der Waals surface area contributed by atoms with Crippen molar-refractivity contribution in [3.05, 3.63) is 0 Å². The minimum Gasteiger partial charge on any atom is -0.481 e.